The molecule has 0 amide bonds. The molecule has 3 unspecified atom stereocenters. The van der Waals surface area contributed by atoms with Crippen molar-refractivity contribution in [3.8, 4) is 0 Å². The SMILES string of the molecule is COC(=O)c1ccc(C2Nc3ccc(I)cc3C3C=CCC32)cc1. The molecule has 1 aliphatic carbocycles. The Labute approximate surface area is 155 Å². The molecule has 0 radical (unpaired) electrons. The predicted molar refractivity (Wildman–Crippen MR) is 103 cm³/mol. The number of carbonyl (C=O) groups excluding carboxylic acids is 1. The highest BCUT2D eigenvalue weighted by Crippen LogP contribution is 2.49. The van der Waals surface area contributed by atoms with Gasteiger partial charge in [-0.05, 0) is 76.4 Å². The summed E-state index contributed by atoms with van der Waals surface area (Å²) in [4.78, 5) is 11.6. The number of methoxy groups -OCH3 is 1. The van der Waals surface area contributed by atoms with Gasteiger partial charge in [-0.3, -0.25) is 0 Å². The average Bonchev–Trinajstić information content (AvgIpc) is 3.11. The van der Waals surface area contributed by atoms with E-state index in [1.165, 1.54) is 27.5 Å². The summed E-state index contributed by atoms with van der Waals surface area (Å²) in [5.41, 5.74) is 4.41. The number of ether oxygens (including phenoxy) is 1. The quantitative estimate of drug-likeness (QED) is 0.418. The van der Waals surface area contributed by atoms with Gasteiger partial charge in [-0.15, -0.1) is 0 Å². The van der Waals surface area contributed by atoms with E-state index in [-0.39, 0.29) is 12.0 Å². The minimum Gasteiger partial charge on any atom is -0.465 e. The summed E-state index contributed by atoms with van der Waals surface area (Å²) in [7, 11) is 1.41. The van der Waals surface area contributed by atoms with Gasteiger partial charge in [-0.1, -0.05) is 24.3 Å². The maximum Gasteiger partial charge on any atom is 0.337 e. The molecule has 4 heteroatoms. The number of nitrogens with one attached hydrogen (secondary N) is 1. The number of hydrogen-bond acceptors (Lipinski definition) is 3. The molecule has 1 N–H and O–H groups in total. The van der Waals surface area contributed by atoms with Gasteiger partial charge in [0, 0.05) is 15.2 Å². The molecule has 0 aromatic heterocycles. The smallest absolute Gasteiger partial charge is 0.337 e. The van der Waals surface area contributed by atoms with E-state index in [1.807, 2.05) is 24.3 Å². The van der Waals surface area contributed by atoms with Crippen molar-refractivity contribution in [3.05, 3.63) is 74.9 Å². The minimum atomic E-state index is -0.293. The van der Waals surface area contributed by atoms with E-state index in [1.54, 1.807) is 0 Å². The Morgan fingerprint density at radius 1 is 1.21 bits per heavy atom. The van der Waals surface area contributed by atoms with E-state index >= 15 is 0 Å². The van der Waals surface area contributed by atoms with Crippen molar-refractivity contribution in [2.24, 2.45) is 5.92 Å². The summed E-state index contributed by atoms with van der Waals surface area (Å²) in [5.74, 6) is 0.680. The third-order valence-electron chi connectivity index (χ3n) is 5.02. The number of benzene rings is 2. The van der Waals surface area contributed by atoms with Crippen molar-refractivity contribution in [2.45, 2.75) is 18.4 Å². The first-order valence-corrected chi connectivity index (χ1v) is 9.16. The van der Waals surface area contributed by atoms with Gasteiger partial charge in [0.25, 0.3) is 0 Å². The van der Waals surface area contributed by atoms with Crippen LogP contribution in [0.25, 0.3) is 0 Å². The fourth-order valence-corrected chi connectivity index (χ4v) is 4.35. The fraction of sp³-hybridized carbons (Fsp3) is 0.250. The number of carbonyl (C=O) groups is 1. The van der Waals surface area contributed by atoms with Gasteiger partial charge in [0.2, 0.25) is 0 Å². The Bertz CT molecular complexity index is 813. The molecule has 4 rings (SSSR count). The standard InChI is InChI=1S/C20H18INO2/c1-24-20(23)13-7-5-12(6-8-13)19-16-4-2-3-15(16)17-11-14(21)9-10-18(17)22-19/h2-3,5-11,15-16,19,22H,4H2,1H3. The van der Waals surface area contributed by atoms with Crippen molar-refractivity contribution >= 4 is 34.2 Å². The van der Waals surface area contributed by atoms with Crippen LogP contribution in [0.2, 0.25) is 0 Å². The molecule has 0 fully saturated rings. The van der Waals surface area contributed by atoms with Crippen LogP contribution >= 0.6 is 22.6 Å². The summed E-state index contributed by atoms with van der Waals surface area (Å²) >= 11 is 2.37. The molecule has 2 aromatic carbocycles. The van der Waals surface area contributed by atoms with E-state index in [4.69, 9.17) is 4.74 Å². The number of anilines is 1. The number of halogens is 1. The molecule has 3 nitrogen and oxygen atoms in total. The van der Waals surface area contributed by atoms with Gasteiger partial charge in [0.05, 0.1) is 18.7 Å². The Kier molecular flexibility index (Phi) is 4.08. The lowest BCUT2D eigenvalue weighted by Crippen LogP contribution is -2.29. The molecular formula is C20H18INO2. The highest BCUT2D eigenvalue weighted by atomic mass is 127. The van der Waals surface area contributed by atoms with E-state index in [0.717, 1.165) is 6.42 Å². The summed E-state index contributed by atoms with van der Waals surface area (Å²) < 4.78 is 6.05. The third-order valence-corrected chi connectivity index (χ3v) is 5.69. The van der Waals surface area contributed by atoms with Crippen LogP contribution in [0.15, 0.2) is 54.6 Å². The van der Waals surface area contributed by atoms with Gasteiger partial charge in [0.1, 0.15) is 0 Å². The van der Waals surface area contributed by atoms with Crippen molar-refractivity contribution in [2.75, 3.05) is 12.4 Å². The van der Waals surface area contributed by atoms with Crippen LogP contribution in [-0.2, 0) is 4.74 Å². The van der Waals surface area contributed by atoms with Crippen LogP contribution < -0.4 is 5.32 Å². The summed E-state index contributed by atoms with van der Waals surface area (Å²) in [6.45, 7) is 0. The lowest BCUT2D eigenvalue weighted by atomic mass is 9.77. The zero-order chi connectivity index (χ0) is 16.7. The Morgan fingerprint density at radius 2 is 2.00 bits per heavy atom. The number of fused-ring (bicyclic) bond motifs is 3. The van der Waals surface area contributed by atoms with Crippen LogP contribution in [0.3, 0.4) is 0 Å². The van der Waals surface area contributed by atoms with Gasteiger partial charge in [-0.2, -0.15) is 0 Å². The molecule has 0 saturated heterocycles. The fourth-order valence-electron chi connectivity index (χ4n) is 3.84. The van der Waals surface area contributed by atoms with E-state index in [2.05, 4.69) is 58.3 Å². The number of rotatable bonds is 2. The van der Waals surface area contributed by atoms with Crippen molar-refractivity contribution < 1.29 is 9.53 Å². The molecule has 3 atom stereocenters. The molecule has 2 aliphatic rings. The molecule has 122 valence electrons. The third kappa shape index (κ3) is 2.62. The van der Waals surface area contributed by atoms with Crippen LogP contribution in [-0.4, -0.2) is 13.1 Å². The lowest BCUT2D eigenvalue weighted by molar-refractivity contribution is 0.0600. The van der Waals surface area contributed by atoms with Crippen LogP contribution in [0.1, 0.15) is 39.9 Å². The zero-order valence-electron chi connectivity index (χ0n) is 13.3. The van der Waals surface area contributed by atoms with E-state index in [9.17, 15) is 4.79 Å². The molecule has 0 spiro atoms. The first kappa shape index (κ1) is 15.7. The Morgan fingerprint density at radius 3 is 2.75 bits per heavy atom. The van der Waals surface area contributed by atoms with Crippen LogP contribution in [0, 0.1) is 9.49 Å². The molecule has 24 heavy (non-hydrogen) atoms. The topological polar surface area (TPSA) is 38.3 Å². The van der Waals surface area contributed by atoms with Crippen molar-refractivity contribution in [3.63, 3.8) is 0 Å². The maximum atomic E-state index is 11.6. The van der Waals surface area contributed by atoms with Gasteiger partial charge in [0.15, 0.2) is 0 Å². The molecular weight excluding hydrogens is 413 g/mol. The van der Waals surface area contributed by atoms with Crippen molar-refractivity contribution in [1.29, 1.82) is 0 Å². The molecule has 1 heterocycles. The number of hydrogen-bond donors (Lipinski definition) is 1. The predicted octanol–water partition coefficient (Wildman–Crippen LogP) is 4.90. The van der Waals surface area contributed by atoms with Gasteiger partial charge >= 0.3 is 5.97 Å². The second kappa shape index (κ2) is 6.24. The van der Waals surface area contributed by atoms with Gasteiger partial charge < -0.3 is 10.1 Å². The minimum absolute atomic E-state index is 0.254. The normalized spacial score (nSPS) is 24.0. The summed E-state index contributed by atoms with van der Waals surface area (Å²) in [6.07, 6.45) is 5.71. The van der Waals surface area contributed by atoms with E-state index < -0.39 is 0 Å². The Balaban J connectivity index is 1.69. The van der Waals surface area contributed by atoms with Crippen LogP contribution in [0.4, 0.5) is 5.69 Å². The lowest BCUT2D eigenvalue weighted by Gasteiger charge is -2.37. The number of allylic oxidation sites excluding steroid dienone is 2. The first-order chi connectivity index (χ1) is 11.7. The second-order valence-electron chi connectivity index (χ2n) is 6.32. The monoisotopic (exact) mass is 431 g/mol. The van der Waals surface area contributed by atoms with Gasteiger partial charge in [-0.25, -0.2) is 4.79 Å². The first-order valence-electron chi connectivity index (χ1n) is 8.08. The largest absolute Gasteiger partial charge is 0.465 e. The van der Waals surface area contributed by atoms with Crippen molar-refractivity contribution in [1.82, 2.24) is 0 Å². The summed E-state index contributed by atoms with van der Waals surface area (Å²) in [6, 6.07) is 14.6. The highest BCUT2D eigenvalue weighted by Gasteiger charge is 2.37. The Hall–Kier alpha value is -1.82. The number of esters is 1. The molecule has 0 bridgehead atoms. The molecule has 0 saturated carbocycles. The average molecular weight is 431 g/mol. The zero-order valence-corrected chi connectivity index (χ0v) is 15.5. The summed E-state index contributed by atoms with van der Waals surface area (Å²) in [5, 5.41) is 3.72. The van der Waals surface area contributed by atoms with Crippen LogP contribution in [0.5, 0.6) is 0 Å². The second-order valence-corrected chi connectivity index (χ2v) is 7.57. The van der Waals surface area contributed by atoms with E-state index in [0.29, 0.717) is 17.4 Å². The molecule has 1 aliphatic heterocycles. The molecule has 2 aromatic rings. The highest BCUT2D eigenvalue weighted by molar-refractivity contribution is 14.1. The maximum absolute atomic E-state index is 11.6.